The van der Waals surface area contributed by atoms with E-state index in [1.807, 2.05) is 0 Å². The zero-order chi connectivity index (χ0) is 22.3. The van der Waals surface area contributed by atoms with Gasteiger partial charge in [-0.2, -0.15) is 10.2 Å². The summed E-state index contributed by atoms with van der Waals surface area (Å²) in [5.41, 5.74) is 2.55. The molecule has 2 amide bonds. The fraction of sp³-hybridized carbons (Fsp3) is 0. The number of nitro groups is 2. The highest BCUT2D eigenvalue weighted by Crippen LogP contribution is 2.27. The minimum Gasteiger partial charge on any atom is -0.502 e. The molecule has 0 heterocycles. The number of hydrogen-bond donors (Lipinski definition) is 4. The molecule has 0 spiro atoms. The molecular weight excluding hydrogens is 404 g/mol. The van der Waals surface area contributed by atoms with E-state index in [1.54, 1.807) is 0 Å². The van der Waals surface area contributed by atoms with Crippen molar-refractivity contribution in [1.29, 1.82) is 0 Å². The Morgan fingerprint density at radius 2 is 1.17 bits per heavy atom. The molecule has 0 saturated carbocycles. The number of aromatic hydroxyl groups is 2. The lowest BCUT2D eigenvalue weighted by Gasteiger charge is -2.01. The van der Waals surface area contributed by atoms with Gasteiger partial charge >= 0.3 is 11.4 Å². The molecule has 0 fully saturated rings. The molecule has 14 nitrogen and oxygen atoms in total. The topological polar surface area (TPSA) is 210 Å². The van der Waals surface area contributed by atoms with Crippen LogP contribution in [0.2, 0.25) is 0 Å². The van der Waals surface area contributed by atoms with Crippen molar-refractivity contribution in [2.45, 2.75) is 0 Å². The summed E-state index contributed by atoms with van der Waals surface area (Å²) in [5.74, 6) is -2.80. The molecule has 2 aromatic rings. The number of phenols is 2. The molecule has 2 aromatic carbocycles. The third-order valence-electron chi connectivity index (χ3n) is 3.42. The third kappa shape index (κ3) is 5.32. The number of hydrogen-bond acceptors (Lipinski definition) is 10. The number of phenolic OH excluding ortho intramolecular Hbond substituents is 2. The first-order valence-corrected chi connectivity index (χ1v) is 7.81. The van der Waals surface area contributed by atoms with Gasteiger partial charge in [0.1, 0.15) is 0 Å². The number of carbonyl (C=O) groups excluding carboxylic acids is 2. The van der Waals surface area contributed by atoms with Gasteiger partial charge in [0.05, 0.1) is 22.3 Å². The Balaban J connectivity index is 1.92. The van der Waals surface area contributed by atoms with Crippen LogP contribution in [0, 0.1) is 20.2 Å². The van der Waals surface area contributed by atoms with E-state index in [2.05, 4.69) is 21.1 Å². The zero-order valence-electron chi connectivity index (χ0n) is 14.8. The van der Waals surface area contributed by atoms with E-state index in [-0.39, 0.29) is 11.1 Å². The molecule has 0 saturated heterocycles. The van der Waals surface area contributed by atoms with Crippen molar-refractivity contribution < 1.29 is 29.6 Å². The van der Waals surface area contributed by atoms with Gasteiger partial charge in [0.2, 0.25) is 0 Å². The molecule has 0 unspecified atom stereocenters. The van der Waals surface area contributed by atoms with Crippen LogP contribution in [0.4, 0.5) is 11.4 Å². The summed E-state index contributed by atoms with van der Waals surface area (Å²) in [6, 6.07) is 6.01. The molecule has 0 aliphatic carbocycles. The number of rotatable bonds is 7. The Kier molecular flexibility index (Phi) is 6.68. The zero-order valence-corrected chi connectivity index (χ0v) is 14.8. The van der Waals surface area contributed by atoms with E-state index in [9.17, 15) is 40.0 Å². The minimum atomic E-state index is -0.854. The average Bonchev–Trinajstić information content (AvgIpc) is 2.70. The van der Waals surface area contributed by atoms with Crippen LogP contribution in [-0.4, -0.2) is 44.3 Å². The van der Waals surface area contributed by atoms with Crippen molar-refractivity contribution in [2.75, 3.05) is 0 Å². The van der Waals surface area contributed by atoms with Crippen molar-refractivity contribution >= 4 is 35.6 Å². The molecule has 0 aliphatic rings. The highest BCUT2D eigenvalue weighted by molar-refractivity contribution is 6.16. The predicted molar refractivity (Wildman–Crippen MR) is 101 cm³/mol. The maximum Gasteiger partial charge on any atom is 0.311 e. The van der Waals surface area contributed by atoms with Gasteiger partial charge in [0.25, 0.3) is 11.8 Å². The fourth-order valence-corrected chi connectivity index (χ4v) is 2.01. The molecule has 0 bridgehead atoms. The van der Waals surface area contributed by atoms with Gasteiger partial charge in [-0.3, -0.25) is 29.8 Å². The molecule has 4 N–H and O–H groups in total. The summed E-state index contributed by atoms with van der Waals surface area (Å²) in [6.45, 7) is 0. The fourth-order valence-electron chi connectivity index (χ4n) is 2.01. The van der Waals surface area contributed by atoms with Crippen molar-refractivity contribution in [2.24, 2.45) is 10.2 Å². The van der Waals surface area contributed by atoms with Crippen molar-refractivity contribution in [3.8, 4) is 11.5 Å². The minimum absolute atomic E-state index is 0.129. The van der Waals surface area contributed by atoms with Gasteiger partial charge in [-0.15, -0.1) is 0 Å². The molecule has 30 heavy (non-hydrogen) atoms. The Labute approximate surface area is 166 Å². The summed E-state index contributed by atoms with van der Waals surface area (Å²) in [4.78, 5) is 43.5. The number of carbonyl (C=O) groups is 2. The Hall–Kier alpha value is -4.88. The highest BCUT2D eigenvalue weighted by Gasteiger charge is 2.17. The molecule has 2 rings (SSSR count). The molecule has 0 aromatic heterocycles. The summed E-state index contributed by atoms with van der Waals surface area (Å²) >= 11 is 0. The monoisotopic (exact) mass is 416 g/mol. The number of nitrogens with one attached hydrogen (secondary N) is 2. The predicted octanol–water partition coefficient (Wildman–Crippen LogP) is 1.05. The van der Waals surface area contributed by atoms with Crippen LogP contribution in [0.1, 0.15) is 20.7 Å². The first-order valence-electron chi connectivity index (χ1n) is 7.81. The van der Waals surface area contributed by atoms with Crippen LogP contribution in [-0.2, 0) is 0 Å². The second-order valence-electron chi connectivity index (χ2n) is 5.36. The lowest BCUT2D eigenvalue weighted by atomic mass is 10.2. The second-order valence-corrected chi connectivity index (χ2v) is 5.36. The number of benzene rings is 2. The van der Waals surface area contributed by atoms with Crippen LogP contribution in [0.25, 0.3) is 0 Å². The number of nitro benzene ring substituents is 2. The Morgan fingerprint density at radius 3 is 1.50 bits per heavy atom. The van der Waals surface area contributed by atoms with E-state index >= 15 is 0 Å². The van der Waals surface area contributed by atoms with Gasteiger partial charge in [-0.25, -0.2) is 10.9 Å². The largest absolute Gasteiger partial charge is 0.502 e. The normalized spacial score (nSPS) is 10.8. The molecular formula is C16H12N6O8. The maximum absolute atomic E-state index is 11.9. The van der Waals surface area contributed by atoms with E-state index in [4.69, 9.17) is 0 Å². The van der Waals surface area contributed by atoms with E-state index in [0.717, 1.165) is 48.8 Å². The quantitative estimate of drug-likeness (QED) is 0.290. The molecule has 0 aliphatic heterocycles. The van der Waals surface area contributed by atoms with E-state index in [1.165, 1.54) is 0 Å². The van der Waals surface area contributed by atoms with Gasteiger partial charge in [-0.05, 0) is 24.3 Å². The molecule has 0 radical (unpaired) electrons. The lowest BCUT2D eigenvalue weighted by Crippen LogP contribution is -2.19. The van der Waals surface area contributed by atoms with Gasteiger partial charge in [0.15, 0.2) is 11.5 Å². The SMILES string of the molecule is O=C(NN=CC=NNC(=O)c1ccc(O)c([N+](=O)[O-])c1)c1ccc(O)c([N+](=O)[O-])c1. The van der Waals surface area contributed by atoms with Crippen LogP contribution in [0.5, 0.6) is 11.5 Å². The first kappa shape index (κ1) is 21.4. The van der Waals surface area contributed by atoms with E-state index < -0.39 is 44.5 Å². The van der Waals surface area contributed by atoms with Crippen LogP contribution in [0.3, 0.4) is 0 Å². The molecule has 14 heteroatoms. The summed E-state index contributed by atoms with van der Waals surface area (Å²) in [5, 5.41) is 47.1. The standard InChI is InChI=1S/C16H12N6O8/c23-13-3-1-9(7-11(13)21(27)28)15(25)19-17-5-6-18-20-16(26)10-2-4-14(24)12(8-10)22(29)30/h1-8,23-24H,(H,19,25)(H,20,26). The third-order valence-corrected chi connectivity index (χ3v) is 3.42. The van der Waals surface area contributed by atoms with Crippen LogP contribution >= 0.6 is 0 Å². The summed E-state index contributed by atoms with van der Waals surface area (Å²) < 4.78 is 0. The first-order chi connectivity index (χ1) is 14.2. The van der Waals surface area contributed by atoms with E-state index in [0.29, 0.717) is 0 Å². The van der Waals surface area contributed by atoms with Crippen LogP contribution in [0.15, 0.2) is 46.6 Å². The van der Waals surface area contributed by atoms with Crippen molar-refractivity contribution in [3.63, 3.8) is 0 Å². The van der Waals surface area contributed by atoms with Gasteiger partial charge in [0, 0.05) is 23.3 Å². The van der Waals surface area contributed by atoms with Gasteiger partial charge in [-0.1, -0.05) is 0 Å². The maximum atomic E-state index is 11.9. The number of hydrazone groups is 2. The summed E-state index contributed by atoms with van der Waals surface area (Å²) in [7, 11) is 0. The van der Waals surface area contributed by atoms with Crippen molar-refractivity contribution in [3.05, 3.63) is 67.8 Å². The van der Waals surface area contributed by atoms with Gasteiger partial charge < -0.3 is 10.2 Å². The smallest absolute Gasteiger partial charge is 0.311 e. The Bertz CT molecular complexity index is 996. The molecule has 0 atom stereocenters. The van der Waals surface area contributed by atoms with Crippen LogP contribution < -0.4 is 10.9 Å². The highest BCUT2D eigenvalue weighted by atomic mass is 16.6. The average molecular weight is 416 g/mol. The lowest BCUT2D eigenvalue weighted by molar-refractivity contribution is -0.386. The summed E-state index contributed by atoms with van der Waals surface area (Å²) in [6.07, 6.45) is 1.96. The number of nitrogens with zero attached hydrogens (tertiary/aromatic N) is 4. The van der Waals surface area contributed by atoms with Crippen molar-refractivity contribution in [1.82, 2.24) is 10.9 Å². The second kappa shape index (κ2) is 9.36. The molecule has 154 valence electrons. The number of amides is 2. The Morgan fingerprint density at radius 1 is 0.800 bits per heavy atom.